The Hall–Kier alpha value is -3.00. The number of hydrogen-bond acceptors (Lipinski definition) is 6. The van der Waals surface area contributed by atoms with Gasteiger partial charge in [0.25, 0.3) is 0 Å². The molecule has 1 aromatic carbocycles. The van der Waals surface area contributed by atoms with E-state index in [1.54, 1.807) is 0 Å². The summed E-state index contributed by atoms with van der Waals surface area (Å²) in [6.45, 7) is 10.6. The van der Waals surface area contributed by atoms with Crippen molar-refractivity contribution in [1.82, 2.24) is 29.8 Å². The standard InChI is InChI=1S/C27H37N7O/c1-18-6-8-23(9-7-18)34-20(3)24-19(2)28-29-26(25(24)30-34)32-14-11-22(12-15-32)27(35)33-13-10-21(17-33)16-31(4)5/h6-9,21-22H,10-17H2,1-5H3. The minimum atomic E-state index is 0.102. The second kappa shape index (κ2) is 9.57. The fourth-order valence-electron chi connectivity index (χ4n) is 5.76. The number of carbonyl (C=O) groups excluding carboxylic acids is 1. The minimum Gasteiger partial charge on any atom is -0.353 e. The van der Waals surface area contributed by atoms with Crippen LogP contribution < -0.4 is 4.90 Å². The molecule has 2 saturated heterocycles. The van der Waals surface area contributed by atoms with Crippen molar-refractivity contribution in [2.45, 2.75) is 40.0 Å². The number of benzene rings is 1. The molecule has 1 atom stereocenters. The van der Waals surface area contributed by atoms with E-state index < -0.39 is 0 Å². The Balaban J connectivity index is 1.32. The van der Waals surface area contributed by atoms with Gasteiger partial charge in [0, 0.05) is 38.6 Å². The maximum atomic E-state index is 13.2. The summed E-state index contributed by atoms with van der Waals surface area (Å²) in [6.07, 6.45) is 2.81. The third-order valence-electron chi connectivity index (χ3n) is 7.63. The minimum absolute atomic E-state index is 0.102. The molecule has 2 aliphatic heterocycles. The SMILES string of the molecule is Cc1ccc(-n2nc3c(N4CCC(C(=O)N5CCC(CN(C)C)C5)CC4)nnc(C)c3c2C)cc1. The van der Waals surface area contributed by atoms with Crippen LogP contribution in [-0.2, 0) is 4.79 Å². The van der Waals surface area contributed by atoms with Gasteiger partial charge in [-0.3, -0.25) is 4.79 Å². The molecule has 1 unspecified atom stereocenters. The third-order valence-corrected chi connectivity index (χ3v) is 7.63. The van der Waals surface area contributed by atoms with Crippen LogP contribution in [0.15, 0.2) is 24.3 Å². The van der Waals surface area contributed by atoms with Gasteiger partial charge in [-0.2, -0.15) is 10.2 Å². The van der Waals surface area contributed by atoms with Crippen LogP contribution in [0.2, 0.25) is 0 Å². The molecular weight excluding hydrogens is 438 g/mol. The number of hydrogen-bond donors (Lipinski definition) is 0. The first-order chi connectivity index (χ1) is 16.8. The molecule has 8 heteroatoms. The van der Waals surface area contributed by atoms with Crippen LogP contribution in [0, 0.1) is 32.6 Å². The number of carbonyl (C=O) groups is 1. The van der Waals surface area contributed by atoms with E-state index in [1.165, 1.54) is 5.56 Å². The number of aryl methyl sites for hydroxylation is 3. The van der Waals surface area contributed by atoms with Crippen LogP contribution in [0.25, 0.3) is 16.6 Å². The van der Waals surface area contributed by atoms with Crippen LogP contribution in [0.5, 0.6) is 0 Å². The van der Waals surface area contributed by atoms with E-state index in [0.717, 1.165) is 85.8 Å². The Kier molecular flexibility index (Phi) is 6.49. The number of anilines is 1. The molecule has 35 heavy (non-hydrogen) atoms. The van der Waals surface area contributed by atoms with Crippen LogP contribution in [-0.4, -0.2) is 82.5 Å². The van der Waals surface area contributed by atoms with Crippen molar-refractivity contribution in [3.63, 3.8) is 0 Å². The molecule has 3 aromatic rings. The van der Waals surface area contributed by atoms with Gasteiger partial charge in [-0.15, -0.1) is 5.10 Å². The smallest absolute Gasteiger partial charge is 0.225 e. The molecule has 4 heterocycles. The molecule has 8 nitrogen and oxygen atoms in total. The molecule has 186 valence electrons. The summed E-state index contributed by atoms with van der Waals surface area (Å²) in [6, 6.07) is 8.41. The number of aromatic nitrogens is 4. The molecule has 2 aromatic heterocycles. The van der Waals surface area contributed by atoms with E-state index in [1.807, 2.05) is 11.6 Å². The maximum absolute atomic E-state index is 13.2. The van der Waals surface area contributed by atoms with Crippen LogP contribution in [0.1, 0.15) is 36.2 Å². The van der Waals surface area contributed by atoms with Gasteiger partial charge in [-0.1, -0.05) is 17.7 Å². The number of likely N-dealkylation sites (tertiary alicyclic amines) is 1. The van der Waals surface area contributed by atoms with E-state index in [2.05, 4.69) is 77.1 Å². The molecule has 2 fully saturated rings. The Bertz CT molecular complexity index is 1210. The van der Waals surface area contributed by atoms with Crippen molar-refractivity contribution < 1.29 is 4.79 Å². The van der Waals surface area contributed by atoms with Crippen molar-refractivity contribution in [3.8, 4) is 5.69 Å². The van der Waals surface area contributed by atoms with E-state index in [0.29, 0.717) is 11.8 Å². The molecule has 0 bridgehead atoms. The Morgan fingerprint density at radius 2 is 1.71 bits per heavy atom. The lowest BCUT2D eigenvalue weighted by molar-refractivity contribution is -0.135. The highest BCUT2D eigenvalue weighted by Crippen LogP contribution is 2.32. The van der Waals surface area contributed by atoms with Gasteiger partial charge in [-0.25, -0.2) is 4.68 Å². The summed E-state index contributed by atoms with van der Waals surface area (Å²) < 4.78 is 2.00. The molecule has 0 N–H and O–H groups in total. The van der Waals surface area contributed by atoms with E-state index in [9.17, 15) is 4.79 Å². The fraction of sp³-hybridized carbons (Fsp3) is 0.556. The number of fused-ring (bicyclic) bond motifs is 1. The van der Waals surface area contributed by atoms with Gasteiger partial charge >= 0.3 is 0 Å². The molecule has 0 aliphatic carbocycles. The first-order valence-electron chi connectivity index (χ1n) is 12.8. The lowest BCUT2D eigenvalue weighted by Gasteiger charge is -2.33. The van der Waals surface area contributed by atoms with Gasteiger partial charge in [0.2, 0.25) is 5.91 Å². The predicted octanol–water partition coefficient (Wildman–Crippen LogP) is 3.37. The third kappa shape index (κ3) is 4.63. The monoisotopic (exact) mass is 475 g/mol. The van der Waals surface area contributed by atoms with E-state index >= 15 is 0 Å². The summed E-state index contributed by atoms with van der Waals surface area (Å²) in [4.78, 5) is 19.8. The fourth-order valence-corrected chi connectivity index (χ4v) is 5.76. The zero-order chi connectivity index (χ0) is 24.7. The first-order valence-corrected chi connectivity index (χ1v) is 12.8. The summed E-state index contributed by atoms with van der Waals surface area (Å²) in [5, 5.41) is 15.1. The molecular formula is C27H37N7O. The normalized spacial score (nSPS) is 19.3. The molecule has 5 rings (SSSR count). The van der Waals surface area contributed by atoms with Crippen LogP contribution in [0.3, 0.4) is 0 Å². The average molecular weight is 476 g/mol. The molecule has 1 amide bonds. The lowest BCUT2D eigenvalue weighted by Crippen LogP contribution is -2.42. The number of piperidine rings is 1. The topological polar surface area (TPSA) is 70.4 Å². The van der Waals surface area contributed by atoms with Crippen molar-refractivity contribution >= 4 is 22.6 Å². The van der Waals surface area contributed by atoms with Crippen LogP contribution >= 0.6 is 0 Å². The van der Waals surface area contributed by atoms with Gasteiger partial charge in [0.1, 0.15) is 5.52 Å². The maximum Gasteiger partial charge on any atom is 0.225 e. The summed E-state index contributed by atoms with van der Waals surface area (Å²) in [5.74, 6) is 1.87. The van der Waals surface area contributed by atoms with Gasteiger partial charge in [0.15, 0.2) is 5.82 Å². The molecule has 2 aliphatic rings. The quantitative estimate of drug-likeness (QED) is 0.564. The second-order valence-corrected chi connectivity index (χ2v) is 10.6. The number of rotatable bonds is 5. The lowest BCUT2D eigenvalue weighted by atomic mass is 9.95. The van der Waals surface area contributed by atoms with Crippen molar-refractivity contribution in [2.75, 3.05) is 51.7 Å². The Morgan fingerprint density at radius 1 is 1.00 bits per heavy atom. The van der Waals surface area contributed by atoms with Crippen molar-refractivity contribution in [3.05, 3.63) is 41.2 Å². The predicted molar refractivity (Wildman–Crippen MR) is 139 cm³/mol. The van der Waals surface area contributed by atoms with Gasteiger partial charge < -0.3 is 14.7 Å². The summed E-state index contributed by atoms with van der Waals surface area (Å²) in [5.41, 5.74) is 5.13. The first kappa shape index (κ1) is 23.7. The van der Waals surface area contributed by atoms with Gasteiger partial charge in [0.05, 0.1) is 22.5 Å². The van der Waals surface area contributed by atoms with Crippen LogP contribution in [0.4, 0.5) is 5.82 Å². The second-order valence-electron chi connectivity index (χ2n) is 10.6. The highest BCUT2D eigenvalue weighted by atomic mass is 16.2. The Morgan fingerprint density at radius 3 is 2.40 bits per heavy atom. The zero-order valence-electron chi connectivity index (χ0n) is 21.7. The molecule has 0 spiro atoms. The highest BCUT2D eigenvalue weighted by molar-refractivity contribution is 5.92. The average Bonchev–Trinajstić information content (AvgIpc) is 3.44. The van der Waals surface area contributed by atoms with Gasteiger partial charge in [-0.05, 0) is 72.2 Å². The Labute approximate surface area is 207 Å². The molecule has 0 radical (unpaired) electrons. The number of amides is 1. The van der Waals surface area contributed by atoms with E-state index in [4.69, 9.17) is 5.10 Å². The van der Waals surface area contributed by atoms with E-state index in [-0.39, 0.29) is 5.92 Å². The van der Waals surface area contributed by atoms with Crippen molar-refractivity contribution in [1.29, 1.82) is 0 Å². The number of nitrogens with zero attached hydrogens (tertiary/aromatic N) is 7. The highest BCUT2D eigenvalue weighted by Gasteiger charge is 2.34. The largest absolute Gasteiger partial charge is 0.353 e. The zero-order valence-corrected chi connectivity index (χ0v) is 21.7. The molecule has 0 saturated carbocycles. The summed E-state index contributed by atoms with van der Waals surface area (Å²) >= 11 is 0. The van der Waals surface area contributed by atoms with Crippen molar-refractivity contribution in [2.24, 2.45) is 11.8 Å². The summed E-state index contributed by atoms with van der Waals surface area (Å²) in [7, 11) is 4.22.